The number of carbonyl (C=O) groups is 1. The lowest BCUT2D eigenvalue weighted by atomic mass is 10.5. The van der Waals surface area contributed by atoms with Crippen LogP contribution in [0, 0.1) is 0 Å². The Morgan fingerprint density at radius 3 is 2.62 bits per heavy atom. The first-order valence-electron chi connectivity index (χ1n) is 6.10. The van der Waals surface area contributed by atoms with Crippen molar-refractivity contribution in [1.29, 1.82) is 0 Å². The Morgan fingerprint density at radius 2 is 2.10 bits per heavy atom. The second-order valence-electron chi connectivity index (χ2n) is 4.41. The Kier molecular flexibility index (Phi) is 6.53. The van der Waals surface area contributed by atoms with Crippen molar-refractivity contribution in [3.63, 3.8) is 0 Å². The van der Waals surface area contributed by atoms with Gasteiger partial charge in [0.25, 0.3) is 0 Å². The number of amides is 1. The number of hydrogen-bond donors (Lipinski definition) is 0. The van der Waals surface area contributed by atoms with E-state index >= 15 is 0 Å². The molecule has 0 atom stereocenters. The number of hydrogen-bond acceptors (Lipinski definition) is 5. The second-order valence-corrected chi connectivity index (χ2v) is 6.68. The Hall–Kier alpha value is -1.22. The second kappa shape index (κ2) is 7.69. The molecule has 0 saturated heterocycles. The van der Waals surface area contributed by atoms with Crippen LogP contribution in [0.25, 0.3) is 0 Å². The van der Waals surface area contributed by atoms with E-state index in [4.69, 9.17) is 16.3 Å². The van der Waals surface area contributed by atoms with Crippen molar-refractivity contribution in [2.24, 2.45) is 0 Å². The van der Waals surface area contributed by atoms with Crippen LogP contribution >= 0.6 is 11.6 Å². The molecule has 1 rings (SSSR count). The molecule has 7 nitrogen and oxygen atoms in total. The molecule has 1 amide bonds. The van der Waals surface area contributed by atoms with Gasteiger partial charge in [-0.05, 0) is 12.1 Å². The molecule has 0 unspecified atom stereocenters. The smallest absolute Gasteiger partial charge is 0.246 e. The van der Waals surface area contributed by atoms with E-state index in [9.17, 15) is 13.2 Å². The fourth-order valence-electron chi connectivity index (χ4n) is 1.47. The van der Waals surface area contributed by atoms with E-state index in [1.165, 1.54) is 30.3 Å². The summed E-state index contributed by atoms with van der Waals surface area (Å²) in [5, 5.41) is -0.128. The number of likely N-dealkylation sites (N-methyl/N-ethyl adjacent to an activating group) is 1. The molecule has 0 spiro atoms. The number of nitrogens with zero attached hydrogens (tertiary/aromatic N) is 3. The van der Waals surface area contributed by atoms with Gasteiger partial charge in [0.15, 0.2) is 0 Å². The number of pyridine rings is 1. The van der Waals surface area contributed by atoms with E-state index in [0.717, 1.165) is 4.31 Å². The SMILES string of the molecule is COCCN(CC(=O)N(C)C)S(=O)(=O)c1cccnc1Cl. The third-order valence-electron chi connectivity index (χ3n) is 2.70. The zero-order valence-corrected chi connectivity index (χ0v) is 13.7. The highest BCUT2D eigenvalue weighted by Crippen LogP contribution is 2.22. The summed E-state index contributed by atoms with van der Waals surface area (Å²) >= 11 is 5.84. The van der Waals surface area contributed by atoms with E-state index in [-0.39, 0.29) is 35.7 Å². The average Bonchev–Trinajstić information content (AvgIpc) is 2.43. The first-order chi connectivity index (χ1) is 9.80. The normalized spacial score (nSPS) is 11.7. The molecule has 118 valence electrons. The van der Waals surface area contributed by atoms with Crippen LogP contribution in [0.3, 0.4) is 0 Å². The fraction of sp³-hybridized carbons (Fsp3) is 0.500. The zero-order chi connectivity index (χ0) is 16.0. The van der Waals surface area contributed by atoms with Crippen LogP contribution in [0.2, 0.25) is 5.15 Å². The predicted octanol–water partition coefficient (Wildman–Crippen LogP) is 0.460. The number of sulfonamides is 1. The van der Waals surface area contributed by atoms with Crippen LogP contribution in [0.1, 0.15) is 0 Å². The van der Waals surface area contributed by atoms with E-state index in [1.807, 2.05) is 0 Å². The Bertz CT molecular complexity index is 592. The third kappa shape index (κ3) is 4.63. The molecule has 0 aliphatic carbocycles. The summed E-state index contributed by atoms with van der Waals surface area (Å²) in [6.45, 7) is -0.0780. The topological polar surface area (TPSA) is 79.8 Å². The standard InChI is InChI=1S/C12H18ClN3O4S/c1-15(2)11(17)9-16(7-8-20-3)21(18,19)10-5-4-6-14-12(10)13/h4-6H,7-9H2,1-3H3. The molecule has 0 fully saturated rings. The van der Waals surface area contributed by atoms with Gasteiger partial charge < -0.3 is 9.64 Å². The number of rotatable bonds is 7. The van der Waals surface area contributed by atoms with Crippen LogP contribution < -0.4 is 0 Å². The summed E-state index contributed by atoms with van der Waals surface area (Å²) in [6.07, 6.45) is 1.39. The quantitative estimate of drug-likeness (QED) is 0.676. The molecule has 9 heteroatoms. The van der Waals surface area contributed by atoms with Crippen molar-refractivity contribution in [3.05, 3.63) is 23.5 Å². The highest BCUT2D eigenvalue weighted by Gasteiger charge is 2.29. The number of carbonyl (C=O) groups excluding carboxylic acids is 1. The molecule has 0 saturated carbocycles. The van der Waals surface area contributed by atoms with Gasteiger partial charge >= 0.3 is 0 Å². The molecular formula is C12H18ClN3O4S. The summed E-state index contributed by atoms with van der Waals surface area (Å²) in [5.74, 6) is -0.338. The first kappa shape index (κ1) is 17.8. The van der Waals surface area contributed by atoms with Gasteiger partial charge in [-0.25, -0.2) is 13.4 Å². The molecule has 0 N–H and O–H groups in total. The maximum absolute atomic E-state index is 12.6. The molecule has 1 aromatic rings. The highest BCUT2D eigenvalue weighted by atomic mass is 35.5. The van der Waals surface area contributed by atoms with Crippen LogP contribution in [0.4, 0.5) is 0 Å². The maximum atomic E-state index is 12.6. The molecule has 21 heavy (non-hydrogen) atoms. The van der Waals surface area contributed by atoms with E-state index in [1.54, 1.807) is 14.1 Å². The lowest BCUT2D eigenvalue weighted by Crippen LogP contribution is -2.41. The number of aromatic nitrogens is 1. The van der Waals surface area contributed by atoms with Gasteiger partial charge in [-0.3, -0.25) is 4.79 Å². The largest absolute Gasteiger partial charge is 0.383 e. The van der Waals surface area contributed by atoms with Gasteiger partial charge in [0.1, 0.15) is 10.0 Å². The van der Waals surface area contributed by atoms with E-state index < -0.39 is 10.0 Å². The summed E-state index contributed by atoms with van der Waals surface area (Å²) in [5.41, 5.74) is 0. The van der Waals surface area contributed by atoms with E-state index in [2.05, 4.69) is 4.98 Å². The van der Waals surface area contributed by atoms with Crippen molar-refractivity contribution in [1.82, 2.24) is 14.2 Å². The Balaban J connectivity index is 3.12. The Labute approximate surface area is 129 Å². The van der Waals surface area contributed by atoms with Gasteiger partial charge in [-0.2, -0.15) is 4.31 Å². The van der Waals surface area contributed by atoms with E-state index in [0.29, 0.717) is 0 Å². The van der Waals surface area contributed by atoms with Gasteiger partial charge in [0.05, 0.1) is 13.2 Å². The number of methoxy groups -OCH3 is 1. The minimum absolute atomic E-state index is 0.0453. The zero-order valence-electron chi connectivity index (χ0n) is 12.1. The Morgan fingerprint density at radius 1 is 1.43 bits per heavy atom. The molecule has 0 aliphatic rings. The van der Waals surface area contributed by atoms with Gasteiger partial charge in [0, 0.05) is 33.9 Å². The fourth-order valence-corrected chi connectivity index (χ4v) is 3.27. The maximum Gasteiger partial charge on any atom is 0.246 e. The monoisotopic (exact) mass is 335 g/mol. The van der Waals surface area contributed by atoms with Crippen LogP contribution in [0.5, 0.6) is 0 Å². The van der Waals surface area contributed by atoms with Crippen LogP contribution in [-0.2, 0) is 19.6 Å². The molecule has 1 aromatic heterocycles. The third-order valence-corrected chi connectivity index (χ3v) is 4.99. The highest BCUT2D eigenvalue weighted by molar-refractivity contribution is 7.89. The first-order valence-corrected chi connectivity index (χ1v) is 7.92. The van der Waals surface area contributed by atoms with Crippen LogP contribution in [-0.4, -0.2) is 69.4 Å². The van der Waals surface area contributed by atoms with Crippen LogP contribution in [0.15, 0.2) is 23.2 Å². The molecule has 0 aromatic carbocycles. The summed E-state index contributed by atoms with van der Waals surface area (Å²) in [4.78, 5) is 16.8. The number of ether oxygens (including phenoxy) is 1. The van der Waals surface area contributed by atoms with Gasteiger partial charge in [-0.15, -0.1) is 0 Å². The predicted molar refractivity (Wildman–Crippen MR) is 78.6 cm³/mol. The lowest BCUT2D eigenvalue weighted by molar-refractivity contribution is -0.128. The molecule has 1 heterocycles. The van der Waals surface area contributed by atoms with Gasteiger partial charge in [0.2, 0.25) is 15.9 Å². The van der Waals surface area contributed by atoms with Crippen molar-refractivity contribution in [2.75, 3.05) is 40.9 Å². The number of halogens is 1. The average molecular weight is 336 g/mol. The molecular weight excluding hydrogens is 318 g/mol. The summed E-state index contributed by atoms with van der Waals surface area (Å²) < 4.78 is 31.1. The van der Waals surface area contributed by atoms with Crippen molar-refractivity contribution in [3.8, 4) is 0 Å². The minimum atomic E-state index is -3.92. The summed E-state index contributed by atoms with van der Waals surface area (Å²) in [6, 6.07) is 2.83. The summed E-state index contributed by atoms with van der Waals surface area (Å²) in [7, 11) is 0.645. The lowest BCUT2D eigenvalue weighted by Gasteiger charge is -2.23. The molecule has 0 radical (unpaired) electrons. The van der Waals surface area contributed by atoms with Crippen molar-refractivity contribution >= 4 is 27.5 Å². The van der Waals surface area contributed by atoms with Gasteiger partial charge in [-0.1, -0.05) is 11.6 Å². The minimum Gasteiger partial charge on any atom is -0.383 e. The molecule has 0 bridgehead atoms. The van der Waals surface area contributed by atoms with Crippen molar-refractivity contribution in [2.45, 2.75) is 4.90 Å². The molecule has 0 aliphatic heterocycles. The van der Waals surface area contributed by atoms with Crippen molar-refractivity contribution < 1.29 is 17.9 Å².